The van der Waals surface area contributed by atoms with Crippen LogP contribution < -0.4 is 0 Å². The first kappa shape index (κ1) is 45.8. The molecule has 0 aliphatic heterocycles. The topological polar surface area (TPSA) is 49.9 Å². The molecule has 52 heavy (non-hydrogen) atoms. The minimum Gasteiger partial charge on any atom is -0.465 e. The van der Waals surface area contributed by atoms with Gasteiger partial charge in [0.05, 0.1) is 12.5 Å². The number of carbonyl (C=O) groups excluding carboxylic acids is 2. The van der Waals surface area contributed by atoms with Crippen LogP contribution in [0.1, 0.15) is 154 Å². The summed E-state index contributed by atoms with van der Waals surface area (Å²) in [6.07, 6.45) is 23.8. The molecular weight excluding hydrogens is 668 g/mol. The van der Waals surface area contributed by atoms with E-state index in [2.05, 4.69) is 23.6 Å². The molecule has 0 bridgehead atoms. The van der Waals surface area contributed by atoms with Crippen molar-refractivity contribution in [3.05, 3.63) is 59.9 Å². The van der Waals surface area contributed by atoms with Crippen molar-refractivity contribution in [1.82, 2.24) is 9.80 Å². The van der Waals surface area contributed by atoms with Crippen molar-refractivity contribution in [3.63, 3.8) is 0 Å². The van der Waals surface area contributed by atoms with E-state index in [1.807, 2.05) is 50.5 Å². The minimum absolute atomic E-state index is 0.202. The molecule has 2 aromatic carbocycles. The maximum atomic E-state index is 14.8. The molecule has 2 aromatic rings. The molecule has 0 fully saturated rings. The number of halogens is 1. The lowest BCUT2D eigenvalue weighted by atomic mass is 9.97. The van der Waals surface area contributed by atoms with E-state index in [0.717, 1.165) is 69.0 Å². The van der Waals surface area contributed by atoms with E-state index < -0.39 is 5.92 Å². The van der Waals surface area contributed by atoms with Gasteiger partial charge < -0.3 is 14.5 Å². The molecule has 0 aliphatic carbocycles. The Morgan fingerprint density at radius 2 is 1.19 bits per heavy atom. The third-order valence-corrected chi connectivity index (χ3v) is 10.9. The zero-order valence-corrected chi connectivity index (χ0v) is 34.5. The Labute approximate surface area is 322 Å². The zero-order chi connectivity index (χ0) is 37.8. The Morgan fingerprint density at radius 1 is 0.673 bits per heavy atom. The summed E-state index contributed by atoms with van der Waals surface area (Å²) in [7, 11) is 4.08. The fraction of sp³-hybridized carbons (Fsp3) is 0.689. The molecule has 2 rings (SSSR count). The van der Waals surface area contributed by atoms with Gasteiger partial charge in [-0.3, -0.25) is 9.59 Å². The van der Waals surface area contributed by atoms with E-state index in [-0.39, 0.29) is 17.0 Å². The summed E-state index contributed by atoms with van der Waals surface area (Å²) in [5.74, 6) is 0.471. The average molecular weight is 741 g/mol. The summed E-state index contributed by atoms with van der Waals surface area (Å²) in [5.41, 5.74) is 1.96. The van der Waals surface area contributed by atoms with Gasteiger partial charge in [0.1, 0.15) is 5.82 Å². The van der Waals surface area contributed by atoms with Gasteiger partial charge in [0.2, 0.25) is 0 Å². The predicted octanol–water partition coefficient (Wildman–Crippen LogP) is 12.9. The largest absolute Gasteiger partial charge is 0.465 e. The van der Waals surface area contributed by atoms with Crippen molar-refractivity contribution in [2.75, 3.05) is 46.1 Å². The average Bonchev–Trinajstić information content (AvgIpc) is 3.12. The first-order valence-corrected chi connectivity index (χ1v) is 21.8. The molecule has 7 heteroatoms. The standard InChI is InChI=1S/C45H73FN2O3S/c1-38(2)27-21-16-14-12-10-8-6-7-9-11-13-15-17-24-32-48(45(50)52-36-34-47(4)5)33-25-18-19-26-35-51-44(49)39(3)41-30-31-42(43(46)37-41)40-28-22-20-23-29-40/h20,22-23,28-31,37-39H,6-19,21,24-27,32-36H2,1-5H3. The lowest BCUT2D eigenvalue weighted by Gasteiger charge is -2.22. The minimum atomic E-state index is -0.530. The number of hydrogen-bond acceptors (Lipinski definition) is 5. The molecule has 0 saturated heterocycles. The fourth-order valence-electron chi connectivity index (χ4n) is 6.52. The first-order valence-electron chi connectivity index (χ1n) is 20.8. The van der Waals surface area contributed by atoms with Crippen LogP contribution in [0.15, 0.2) is 48.5 Å². The molecule has 0 heterocycles. The quantitative estimate of drug-likeness (QED) is 0.0589. The van der Waals surface area contributed by atoms with Crippen LogP contribution >= 0.6 is 11.8 Å². The molecular formula is C45H73FN2O3S. The van der Waals surface area contributed by atoms with E-state index in [9.17, 15) is 14.0 Å². The number of hydrogen-bond donors (Lipinski definition) is 0. The SMILES string of the molecule is CC(C)CCCCCCCCCCCCCCCCN(CCCCCCOC(=O)C(C)c1ccc(-c2ccccc2)c(F)c1)C(=O)SCCN(C)C. The highest BCUT2D eigenvalue weighted by Gasteiger charge is 2.19. The number of nitrogens with zero attached hydrogens (tertiary/aromatic N) is 2. The maximum absolute atomic E-state index is 14.8. The van der Waals surface area contributed by atoms with Crippen LogP contribution in [-0.4, -0.2) is 67.1 Å². The summed E-state index contributed by atoms with van der Waals surface area (Å²) in [6.45, 7) is 9.29. The van der Waals surface area contributed by atoms with Gasteiger partial charge in [0.15, 0.2) is 0 Å². The molecule has 5 nitrogen and oxygen atoms in total. The van der Waals surface area contributed by atoms with E-state index in [1.165, 1.54) is 108 Å². The highest BCUT2D eigenvalue weighted by Crippen LogP contribution is 2.27. The fourth-order valence-corrected chi connectivity index (χ4v) is 7.52. The second-order valence-electron chi connectivity index (χ2n) is 15.4. The lowest BCUT2D eigenvalue weighted by molar-refractivity contribution is -0.145. The number of unbranched alkanes of at least 4 members (excludes halogenated alkanes) is 16. The number of ether oxygens (including phenoxy) is 1. The van der Waals surface area contributed by atoms with Crippen LogP contribution in [-0.2, 0) is 9.53 Å². The van der Waals surface area contributed by atoms with Crippen LogP contribution in [0, 0.1) is 11.7 Å². The summed E-state index contributed by atoms with van der Waals surface area (Å²) in [4.78, 5) is 29.9. The predicted molar refractivity (Wildman–Crippen MR) is 222 cm³/mol. The van der Waals surface area contributed by atoms with Crippen molar-refractivity contribution in [2.24, 2.45) is 5.92 Å². The number of amides is 1. The van der Waals surface area contributed by atoms with Crippen LogP contribution in [0.5, 0.6) is 0 Å². The second-order valence-corrected chi connectivity index (χ2v) is 16.5. The van der Waals surface area contributed by atoms with E-state index in [0.29, 0.717) is 17.7 Å². The van der Waals surface area contributed by atoms with Crippen molar-refractivity contribution >= 4 is 23.0 Å². The summed E-state index contributed by atoms with van der Waals surface area (Å²) in [5, 5.41) is 0.202. The van der Waals surface area contributed by atoms with E-state index in [1.54, 1.807) is 13.0 Å². The summed E-state index contributed by atoms with van der Waals surface area (Å²) < 4.78 is 20.4. The van der Waals surface area contributed by atoms with Crippen molar-refractivity contribution < 1.29 is 18.7 Å². The van der Waals surface area contributed by atoms with Crippen LogP contribution in [0.4, 0.5) is 9.18 Å². The van der Waals surface area contributed by atoms with Gasteiger partial charge in [-0.15, -0.1) is 0 Å². The smallest absolute Gasteiger partial charge is 0.313 e. The summed E-state index contributed by atoms with van der Waals surface area (Å²) >= 11 is 1.44. The second kappa shape index (κ2) is 29.0. The first-order chi connectivity index (χ1) is 25.2. The Morgan fingerprint density at radius 3 is 1.71 bits per heavy atom. The molecule has 1 atom stereocenters. The van der Waals surface area contributed by atoms with Gasteiger partial charge in [-0.1, -0.05) is 164 Å². The number of benzene rings is 2. The Kier molecular flexibility index (Phi) is 25.6. The van der Waals surface area contributed by atoms with Gasteiger partial charge in [0.25, 0.3) is 5.24 Å². The van der Waals surface area contributed by atoms with Gasteiger partial charge in [-0.25, -0.2) is 4.39 Å². The molecule has 1 amide bonds. The molecule has 0 radical (unpaired) electrons. The molecule has 0 spiro atoms. The normalized spacial score (nSPS) is 12.1. The molecule has 1 unspecified atom stereocenters. The molecule has 0 saturated carbocycles. The van der Waals surface area contributed by atoms with Crippen molar-refractivity contribution in [1.29, 1.82) is 0 Å². The van der Waals surface area contributed by atoms with Crippen LogP contribution in [0.3, 0.4) is 0 Å². The Hall–Kier alpha value is -2.38. The van der Waals surface area contributed by atoms with Crippen molar-refractivity contribution in [2.45, 2.75) is 149 Å². The third kappa shape index (κ3) is 21.4. The van der Waals surface area contributed by atoms with Crippen LogP contribution in [0.2, 0.25) is 0 Å². The monoisotopic (exact) mass is 741 g/mol. The van der Waals surface area contributed by atoms with Crippen molar-refractivity contribution in [3.8, 4) is 11.1 Å². The number of thioether (sulfide) groups is 1. The number of rotatable bonds is 30. The van der Waals surface area contributed by atoms with Crippen LogP contribution in [0.25, 0.3) is 11.1 Å². The molecule has 0 aliphatic rings. The van der Waals surface area contributed by atoms with Gasteiger partial charge >= 0.3 is 5.97 Å². The van der Waals surface area contributed by atoms with Gasteiger partial charge in [-0.2, -0.15) is 0 Å². The highest BCUT2D eigenvalue weighted by molar-refractivity contribution is 8.13. The number of esters is 1. The summed E-state index contributed by atoms with van der Waals surface area (Å²) in [6, 6.07) is 14.4. The van der Waals surface area contributed by atoms with E-state index in [4.69, 9.17) is 4.74 Å². The maximum Gasteiger partial charge on any atom is 0.313 e. The van der Waals surface area contributed by atoms with Gasteiger partial charge in [-0.05, 0) is 69.8 Å². The zero-order valence-electron chi connectivity index (χ0n) is 33.6. The molecule has 0 aromatic heterocycles. The Bertz CT molecular complexity index is 1210. The highest BCUT2D eigenvalue weighted by atomic mass is 32.2. The molecule has 0 N–H and O–H groups in total. The van der Waals surface area contributed by atoms with E-state index >= 15 is 0 Å². The molecule has 294 valence electrons. The Balaban J connectivity index is 1.57. The third-order valence-electron chi connectivity index (χ3n) is 9.98. The van der Waals surface area contributed by atoms with Gasteiger partial charge in [0, 0.05) is 31.0 Å². The lowest BCUT2D eigenvalue weighted by Crippen LogP contribution is -2.30. The number of carbonyl (C=O) groups is 2.